The first-order valence-electron chi connectivity index (χ1n) is 13.6. The molecule has 0 saturated carbocycles. The van der Waals surface area contributed by atoms with Crippen LogP contribution >= 0.6 is 10.2 Å². The first kappa shape index (κ1) is 29.0. The molecule has 2 aliphatic rings. The molecule has 1 fully saturated rings. The summed E-state index contributed by atoms with van der Waals surface area (Å²) in [5.41, 5.74) is 1.51. The summed E-state index contributed by atoms with van der Waals surface area (Å²) < 4.78 is 68.3. The summed E-state index contributed by atoms with van der Waals surface area (Å²) >= 11 is 0. The van der Waals surface area contributed by atoms with Crippen LogP contribution in [-0.2, 0) is 17.8 Å². The molecule has 5 rings (SSSR count). The molecule has 1 amide bonds. The van der Waals surface area contributed by atoms with E-state index in [1.54, 1.807) is 4.57 Å². The van der Waals surface area contributed by atoms with Crippen LogP contribution in [0, 0.1) is 0 Å². The number of fused-ring (bicyclic) bond motifs is 1. The van der Waals surface area contributed by atoms with Gasteiger partial charge in [-0.25, -0.2) is 0 Å². The number of hydrogen-bond acceptors (Lipinski definition) is 6. The molecule has 3 heterocycles. The van der Waals surface area contributed by atoms with Crippen molar-refractivity contribution < 1.29 is 24.2 Å². The second-order valence-electron chi connectivity index (χ2n) is 10.3. The van der Waals surface area contributed by atoms with Gasteiger partial charge in [0.2, 0.25) is 11.7 Å². The van der Waals surface area contributed by atoms with E-state index in [1.165, 1.54) is 4.52 Å². The van der Waals surface area contributed by atoms with Crippen LogP contribution < -0.4 is 21.1 Å². The maximum Gasteiger partial charge on any atom is 0.310 e. The van der Waals surface area contributed by atoms with Crippen molar-refractivity contribution in [1.82, 2.24) is 24.5 Å². The standard InChI is InChI=1S/C26H32F5N7O2S/c1-2-21-23(36-15-13-32-14-16-36)25(40)38-26(34-24(35-38)18-7-5-3-4-6-8-18)37(21)17-22(39)33-19-9-11-20(12-10-19)41(27,28,29,30)31/h7,9-12,32H,2-6,8,13-17H2,1H3,(H,33,39). The lowest BCUT2D eigenvalue weighted by molar-refractivity contribution is -0.116. The highest BCUT2D eigenvalue weighted by molar-refractivity contribution is 8.45. The first-order chi connectivity index (χ1) is 19.2. The zero-order valence-electron chi connectivity index (χ0n) is 22.5. The highest BCUT2D eigenvalue weighted by atomic mass is 32.5. The minimum atomic E-state index is -9.84. The highest BCUT2D eigenvalue weighted by Gasteiger charge is 2.65. The van der Waals surface area contributed by atoms with Crippen LogP contribution in [0.25, 0.3) is 11.4 Å². The van der Waals surface area contributed by atoms with Crippen LogP contribution in [0.3, 0.4) is 0 Å². The Kier molecular flexibility index (Phi) is 7.17. The fraction of sp³-hybridized carbons (Fsp3) is 0.462. The van der Waals surface area contributed by atoms with Crippen molar-refractivity contribution in [2.24, 2.45) is 0 Å². The summed E-state index contributed by atoms with van der Waals surface area (Å²) in [7, 11) is -9.84. The van der Waals surface area contributed by atoms with Crippen molar-refractivity contribution >= 4 is 38.9 Å². The van der Waals surface area contributed by atoms with E-state index in [2.05, 4.69) is 26.8 Å². The molecule has 1 aromatic carbocycles. The maximum absolute atomic E-state index is 13.8. The number of anilines is 2. The molecule has 15 heteroatoms. The third-order valence-corrected chi connectivity index (χ3v) is 8.47. The van der Waals surface area contributed by atoms with E-state index in [-0.39, 0.29) is 35.7 Å². The molecule has 0 spiro atoms. The van der Waals surface area contributed by atoms with E-state index in [4.69, 9.17) is 0 Å². The molecule has 0 unspecified atom stereocenters. The maximum atomic E-state index is 13.8. The van der Waals surface area contributed by atoms with Crippen LogP contribution in [0.4, 0.5) is 30.8 Å². The molecule has 0 bridgehead atoms. The Labute approximate surface area is 233 Å². The summed E-state index contributed by atoms with van der Waals surface area (Å²) in [6.45, 7) is 4.02. The average molecular weight is 602 g/mol. The minimum absolute atomic E-state index is 0.0798. The first-order valence-corrected chi connectivity index (χ1v) is 15.5. The lowest BCUT2D eigenvalue weighted by Crippen LogP contribution is -2.47. The summed E-state index contributed by atoms with van der Waals surface area (Å²) in [4.78, 5) is 31.5. The second-order valence-corrected chi connectivity index (χ2v) is 12.7. The fourth-order valence-electron chi connectivity index (χ4n) is 5.31. The fourth-order valence-corrected chi connectivity index (χ4v) is 5.96. The summed E-state index contributed by atoms with van der Waals surface area (Å²) in [5, 5.41) is 10.3. The van der Waals surface area contributed by atoms with Gasteiger partial charge < -0.3 is 20.1 Å². The SMILES string of the molecule is CCc1c(N2CCNCC2)c(=O)n2nc(C3=CCCCCC3)nc2n1CC(=O)Nc1ccc(S(F)(F)(F)(F)F)cc1. The van der Waals surface area contributed by atoms with Crippen molar-refractivity contribution in [3.63, 3.8) is 0 Å². The molecule has 1 aliphatic carbocycles. The van der Waals surface area contributed by atoms with Gasteiger partial charge in [0.25, 0.3) is 5.56 Å². The molecule has 2 aromatic heterocycles. The highest BCUT2D eigenvalue weighted by Crippen LogP contribution is 3.02. The van der Waals surface area contributed by atoms with E-state index < -0.39 is 21.0 Å². The molecule has 1 aliphatic heterocycles. The van der Waals surface area contributed by atoms with Gasteiger partial charge in [0.1, 0.15) is 17.1 Å². The van der Waals surface area contributed by atoms with Crippen molar-refractivity contribution in [3.8, 4) is 0 Å². The van der Waals surface area contributed by atoms with Gasteiger partial charge in [0.15, 0.2) is 5.82 Å². The summed E-state index contributed by atoms with van der Waals surface area (Å²) in [5.74, 6) is -0.0311. The van der Waals surface area contributed by atoms with Crippen molar-refractivity contribution in [2.75, 3.05) is 36.4 Å². The van der Waals surface area contributed by atoms with Gasteiger partial charge in [-0.15, -0.1) is 5.10 Å². The van der Waals surface area contributed by atoms with Gasteiger partial charge in [-0.1, -0.05) is 38.8 Å². The lowest BCUT2D eigenvalue weighted by Gasteiger charge is -2.40. The number of carbonyl (C=O) groups is 1. The van der Waals surface area contributed by atoms with E-state index >= 15 is 0 Å². The number of hydrogen-bond donors (Lipinski definition) is 2. The summed E-state index contributed by atoms with van der Waals surface area (Å²) in [6, 6.07) is 2.07. The number of nitrogens with one attached hydrogen (secondary N) is 2. The molecule has 9 nitrogen and oxygen atoms in total. The van der Waals surface area contributed by atoms with Gasteiger partial charge in [-0.05, 0) is 61.9 Å². The Morgan fingerprint density at radius 3 is 2.41 bits per heavy atom. The quantitative estimate of drug-likeness (QED) is 0.347. The smallest absolute Gasteiger partial charge is 0.310 e. The Morgan fingerprint density at radius 2 is 1.76 bits per heavy atom. The number of halogens is 5. The number of nitrogens with zero attached hydrogens (tertiary/aromatic N) is 5. The van der Waals surface area contributed by atoms with Crippen molar-refractivity contribution in [3.05, 3.63) is 52.2 Å². The van der Waals surface area contributed by atoms with Gasteiger partial charge in [-0.3, -0.25) is 9.59 Å². The van der Waals surface area contributed by atoms with Gasteiger partial charge in [-0.2, -0.15) is 9.50 Å². The van der Waals surface area contributed by atoms with Gasteiger partial charge in [0.05, 0.1) is 5.69 Å². The van der Waals surface area contributed by atoms with E-state index in [1.807, 2.05) is 11.8 Å². The number of carbonyl (C=O) groups excluding carboxylic acids is 1. The van der Waals surface area contributed by atoms with Gasteiger partial charge in [0, 0.05) is 31.9 Å². The second kappa shape index (κ2) is 10.1. The zero-order valence-corrected chi connectivity index (χ0v) is 23.3. The predicted octanol–water partition coefficient (Wildman–Crippen LogP) is 5.51. The van der Waals surface area contributed by atoms with E-state index in [9.17, 15) is 29.0 Å². The average Bonchev–Trinajstić information content (AvgIpc) is 3.18. The molecule has 3 aromatic rings. The molecular weight excluding hydrogens is 569 g/mol. The monoisotopic (exact) mass is 601 g/mol. The largest absolute Gasteiger partial charge is 0.363 e. The van der Waals surface area contributed by atoms with Crippen LogP contribution in [-0.4, -0.2) is 51.3 Å². The molecule has 2 N–H and O–H groups in total. The predicted molar refractivity (Wildman–Crippen MR) is 149 cm³/mol. The van der Waals surface area contributed by atoms with E-state index in [0.717, 1.165) is 49.8 Å². The Bertz CT molecular complexity index is 1560. The number of aromatic nitrogens is 4. The number of piperazine rings is 1. The molecule has 41 heavy (non-hydrogen) atoms. The topological polar surface area (TPSA) is 96.6 Å². The minimum Gasteiger partial charge on any atom is -0.363 e. The van der Waals surface area contributed by atoms with Crippen LogP contribution in [0.5, 0.6) is 0 Å². The van der Waals surface area contributed by atoms with Crippen molar-refractivity contribution in [1.29, 1.82) is 0 Å². The summed E-state index contributed by atoms with van der Waals surface area (Å²) in [6.07, 6.45) is 7.23. The Morgan fingerprint density at radius 1 is 1.05 bits per heavy atom. The lowest BCUT2D eigenvalue weighted by atomic mass is 10.1. The molecule has 0 radical (unpaired) electrons. The Balaban J connectivity index is 1.54. The number of rotatable bonds is 7. The Hall–Kier alpha value is -3.46. The normalized spacial score (nSPS) is 18.4. The van der Waals surface area contributed by atoms with Crippen molar-refractivity contribution in [2.45, 2.75) is 56.9 Å². The van der Waals surface area contributed by atoms with Crippen LogP contribution in [0.1, 0.15) is 50.5 Å². The molecule has 0 atom stereocenters. The molecule has 1 saturated heterocycles. The number of allylic oxidation sites excluding steroid dienone is 2. The van der Waals surface area contributed by atoms with Crippen LogP contribution in [0.2, 0.25) is 0 Å². The van der Waals surface area contributed by atoms with E-state index in [0.29, 0.717) is 49.8 Å². The van der Waals surface area contributed by atoms with Gasteiger partial charge >= 0.3 is 10.2 Å². The zero-order chi connectivity index (χ0) is 29.5. The third kappa shape index (κ3) is 6.25. The van der Waals surface area contributed by atoms with Crippen LogP contribution in [0.15, 0.2) is 40.0 Å². The molecule has 224 valence electrons. The molecular formula is C26H32F5N7O2S. The number of benzene rings is 1. The number of amides is 1. The third-order valence-electron chi connectivity index (χ3n) is 7.31.